The van der Waals surface area contributed by atoms with Gasteiger partial charge in [-0.15, -0.1) is 0 Å². The molecule has 0 atom stereocenters. The Morgan fingerprint density at radius 3 is 1.62 bits per heavy atom. The van der Waals surface area contributed by atoms with Gasteiger partial charge in [0.15, 0.2) is 0 Å². The van der Waals surface area contributed by atoms with E-state index in [-0.39, 0.29) is 0 Å². The molecule has 1 aliphatic heterocycles. The van der Waals surface area contributed by atoms with Crippen molar-refractivity contribution in [1.29, 1.82) is 0 Å². The monoisotopic (exact) mass is 294 g/mol. The van der Waals surface area contributed by atoms with Gasteiger partial charge in [0.05, 0.1) is 6.67 Å². The van der Waals surface area contributed by atoms with E-state index in [1.54, 1.807) is 0 Å². The minimum absolute atomic E-state index is 1.01. The molecule has 124 valence electrons. The number of unbranched alkanes of at least 4 members (excludes halogenated alkanes) is 13. The Hall–Kier alpha value is -0.660. The third-order valence-electron chi connectivity index (χ3n) is 4.50. The molecule has 0 radical (unpaired) electrons. The first kappa shape index (κ1) is 18.4. The van der Waals surface area contributed by atoms with Gasteiger partial charge in [-0.25, -0.2) is 0 Å². The molecule has 0 aromatic heterocycles. The molecule has 21 heavy (non-hydrogen) atoms. The standard InChI is InChI=1S/C19H38N2/c1-2-3-4-5-6-7-8-9-10-11-12-13-14-15-17-21-18-16-20-19-21/h16,18,20H,2-15,17,19H2,1H3. The normalized spacial score (nSPS) is 13.9. The third-order valence-corrected chi connectivity index (χ3v) is 4.50. The van der Waals surface area contributed by atoms with Crippen LogP contribution in [0.25, 0.3) is 0 Å². The molecule has 0 amide bonds. The smallest absolute Gasteiger partial charge is 0.0867 e. The summed E-state index contributed by atoms with van der Waals surface area (Å²) in [5, 5.41) is 3.22. The maximum Gasteiger partial charge on any atom is 0.0867 e. The number of hydrogen-bond donors (Lipinski definition) is 1. The first-order valence-corrected chi connectivity index (χ1v) is 9.57. The fourth-order valence-corrected chi connectivity index (χ4v) is 3.04. The highest BCUT2D eigenvalue weighted by molar-refractivity contribution is 4.86. The summed E-state index contributed by atoms with van der Waals surface area (Å²) in [6.45, 7) is 4.53. The second-order valence-corrected chi connectivity index (χ2v) is 6.59. The van der Waals surface area contributed by atoms with Crippen molar-refractivity contribution in [2.45, 2.75) is 96.8 Å². The van der Waals surface area contributed by atoms with Crippen molar-refractivity contribution in [3.63, 3.8) is 0 Å². The molecule has 1 rings (SSSR count). The number of hydrogen-bond acceptors (Lipinski definition) is 2. The van der Waals surface area contributed by atoms with Gasteiger partial charge in [0, 0.05) is 18.9 Å². The van der Waals surface area contributed by atoms with E-state index in [1.165, 1.54) is 96.4 Å². The van der Waals surface area contributed by atoms with Crippen LogP contribution in [0.5, 0.6) is 0 Å². The molecule has 1 aliphatic rings. The lowest BCUT2D eigenvalue weighted by Crippen LogP contribution is -2.21. The van der Waals surface area contributed by atoms with Gasteiger partial charge in [0.2, 0.25) is 0 Å². The third kappa shape index (κ3) is 11.7. The van der Waals surface area contributed by atoms with Crippen LogP contribution in [0.15, 0.2) is 12.4 Å². The summed E-state index contributed by atoms with van der Waals surface area (Å²) in [4.78, 5) is 2.36. The molecule has 0 unspecified atom stereocenters. The molecule has 0 fully saturated rings. The molecule has 0 aromatic rings. The van der Waals surface area contributed by atoms with Crippen molar-refractivity contribution in [1.82, 2.24) is 10.2 Å². The average molecular weight is 295 g/mol. The zero-order valence-corrected chi connectivity index (χ0v) is 14.4. The lowest BCUT2D eigenvalue weighted by molar-refractivity contribution is 0.375. The minimum atomic E-state index is 1.01. The van der Waals surface area contributed by atoms with Crippen LogP contribution in [-0.4, -0.2) is 18.1 Å². The van der Waals surface area contributed by atoms with E-state index in [9.17, 15) is 0 Å². The van der Waals surface area contributed by atoms with Crippen molar-refractivity contribution < 1.29 is 0 Å². The first-order chi connectivity index (χ1) is 10.4. The topological polar surface area (TPSA) is 15.3 Å². The number of nitrogens with zero attached hydrogens (tertiary/aromatic N) is 1. The number of rotatable bonds is 15. The van der Waals surface area contributed by atoms with Crippen molar-refractivity contribution >= 4 is 0 Å². The summed E-state index contributed by atoms with van der Waals surface area (Å²) in [5.41, 5.74) is 0. The lowest BCUT2D eigenvalue weighted by Gasteiger charge is -2.13. The predicted molar refractivity (Wildman–Crippen MR) is 94.2 cm³/mol. The average Bonchev–Trinajstić information content (AvgIpc) is 3.01. The van der Waals surface area contributed by atoms with E-state index in [0.717, 1.165) is 6.67 Å². The predicted octanol–water partition coefficient (Wildman–Crippen LogP) is 5.80. The quantitative estimate of drug-likeness (QED) is 0.384. The van der Waals surface area contributed by atoms with Crippen LogP contribution in [0.2, 0.25) is 0 Å². The Morgan fingerprint density at radius 1 is 0.714 bits per heavy atom. The van der Waals surface area contributed by atoms with Gasteiger partial charge < -0.3 is 10.2 Å². The van der Waals surface area contributed by atoms with Gasteiger partial charge in [0.25, 0.3) is 0 Å². The molecule has 2 nitrogen and oxygen atoms in total. The Bertz CT molecular complexity index is 238. The molecule has 2 heteroatoms. The van der Waals surface area contributed by atoms with Crippen LogP contribution in [-0.2, 0) is 0 Å². The Balaban J connectivity index is 1.66. The van der Waals surface area contributed by atoms with Gasteiger partial charge in [-0.2, -0.15) is 0 Å². The van der Waals surface area contributed by atoms with Gasteiger partial charge >= 0.3 is 0 Å². The Morgan fingerprint density at radius 2 is 1.19 bits per heavy atom. The summed E-state index contributed by atoms with van der Waals surface area (Å²) < 4.78 is 0. The van der Waals surface area contributed by atoms with E-state index in [2.05, 4.69) is 23.3 Å². The SMILES string of the molecule is CCCCCCCCCCCCCCCCN1C=CNC1. The lowest BCUT2D eigenvalue weighted by atomic mass is 10.0. The zero-order valence-electron chi connectivity index (χ0n) is 14.4. The van der Waals surface area contributed by atoms with E-state index >= 15 is 0 Å². The van der Waals surface area contributed by atoms with Gasteiger partial charge in [-0.05, 0) is 6.42 Å². The zero-order chi connectivity index (χ0) is 15.0. The molecule has 0 spiro atoms. The highest BCUT2D eigenvalue weighted by Crippen LogP contribution is 2.13. The molecule has 0 aromatic carbocycles. The summed E-state index contributed by atoms with van der Waals surface area (Å²) in [7, 11) is 0. The van der Waals surface area contributed by atoms with E-state index in [4.69, 9.17) is 0 Å². The van der Waals surface area contributed by atoms with Crippen LogP contribution in [0.1, 0.15) is 96.8 Å². The summed E-state index contributed by atoms with van der Waals surface area (Å²) in [6.07, 6.45) is 24.4. The van der Waals surface area contributed by atoms with Gasteiger partial charge in [-0.3, -0.25) is 0 Å². The molecule has 1 N–H and O–H groups in total. The fourth-order valence-electron chi connectivity index (χ4n) is 3.04. The molecule has 1 heterocycles. The summed E-state index contributed by atoms with van der Waals surface area (Å²) >= 11 is 0. The molecule has 0 bridgehead atoms. The van der Waals surface area contributed by atoms with Crippen LogP contribution in [0.3, 0.4) is 0 Å². The van der Waals surface area contributed by atoms with Crippen LogP contribution >= 0.6 is 0 Å². The van der Waals surface area contributed by atoms with E-state index < -0.39 is 0 Å². The molecule has 0 saturated heterocycles. The van der Waals surface area contributed by atoms with Gasteiger partial charge in [0.1, 0.15) is 0 Å². The van der Waals surface area contributed by atoms with Crippen molar-refractivity contribution in [3.05, 3.63) is 12.4 Å². The molecular weight excluding hydrogens is 256 g/mol. The second kappa shape index (κ2) is 14.3. The second-order valence-electron chi connectivity index (χ2n) is 6.59. The number of nitrogens with one attached hydrogen (secondary N) is 1. The first-order valence-electron chi connectivity index (χ1n) is 9.57. The highest BCUT2D eigenvalue weighted by atomic mass is 15.2. The molecule has 0 saturated carbocycles. The maximum atomic E-state index is 3.22. The minimum Gasteiger partial charge on any atom is -0.373 e. The fraction of sp³-hybridized carbons (Fsp3) is 0.895. The summed E-state index contributed by atoms with van der Waals surface area (Å²) in [6, 6.07) is 0. The largest absolute Gasteiger partial charge is 0.373 e. The van der Waals surface area contributed by atoms with Crippen LogP contribution in [0, 0.1) is 0 Å². The Labute approximate surface area is 133 Å². The summed E-state index contributed by atoms with van der Waals surface area (Å²) in [5.74, 6) is 0. The highest BCUT2D eigenvalue weighted by Gasteiger charge is 2.01. The van der Waals surface area contributed by atoms with E-state index in [1.807, 2.05) is 6.20 Å². The van der Waals surface area contributed by atoms with Crippen LogP contribution in [0.4, 0.5) is 0 Å². The van der Waals surface area contributed by atoms with Crippen molar-refractivity contribution in [2.75, 3.05) is 13.2 Å². The van der Waals surface area contributed by atoms with Crippen LogP contribution < -0.4 is 5.32 Å². The van der Waals surface area contributed by atoms with Gasteiger partial charge in [-0.1, -0.05) is 90.4 Å². The molecule has 0 aliphatic carbocycles. The Kier molecular flexibility index (Phi) is 12.5. The van der Waals surface area contributed by atoms with Crippen molar-refractivity contribution in [3.8, 4) is 0 Å². The molecular formula is C19H38N2. The maximum absolute atomic E-state index is 3.22. The van der Waals surface area contributed by atoms with E-state index in [0.29, 0.717) is 0 Å². The van der Waals surface area contributed by atoms with Crippen molar-refractivity contribution in [2.24, 2.45) is 0 Å².